The number of rotatable bonds is 0. The van der Waals surface area contributed by atoms with Gasteiger partial charge in [0.25, 0.3) is 0 Å². The maximum atomic E-state index is 5.67. The zero-order valence-electron chi connectivity index (χ0n) is 6.43. The molecule has 4 heteroatoms. The van der Waals surface area contributed by atoms with E-state index in [0.717, 1.165) is 11.0 Å². The van der Waals surface area contributed by atoms with Gasteiger partial charge in [0.1, 0.15) is 5.58 Å². The predicted molar refractivity (Wildman–Crippen MR) is 55.5 cm³/mol. The Morgan fingerprint density at radius 1 is 1.08 bits per heavy atom. The molecule has 0 unspecified atom stereocenters. The summed E-state index contributed by atoms with van der Waals surface area (Å²) in [7, 11) is 0. The molecule has 0 saturated heterocycles. The Morgan fingerprint density at radius 3 is 2.38 bits per heavy atom. The molecular formula is C9H5Cl3O. The van der Waals surface area contributed by atoms with Gasteiger partial charge in [-0.2, -0.15) is 0 Å². The van der Waals surface area contributed by atoms with E-state index in [1.807, 2.05) is 24.3 Å². The van der Waals surface area contributed by atoms with Gasteiger partial charge in [0.15, 0.2) is 5.76 Å². The molecule has 0 aliphatic carbocycles. The molecule has 1 aromatic carbocycles. The topological polar surface area (TPSA) is 13.1 Å². The number of benzene rings is 1. The second-order valence-corrected chi connectivity index (χ2v) is 4.93. The van der Waals surface area contributed by atoms with E-state index in [0.29, 0.717) is 5.76 Å². The predicted octanol–water partition coefficient (Wildman–Crippen LogP) is 4.26. The van der Waals surface area contributed by atoms with Crippen LogP contribution in [0.1, 0.15) is 5.76 Å². The van der Waals surface area contributed by atoms with Crippen molar-refractivity contribution in [2.75, 3.05) is 0 Å². The van der Waals surface area contributed by atoms with E-state index < -0.39 is 3.79 Å². The van der Waals surface area contributed by atoms with Crippen LogP contribution in [0.3, 0.4) is 0 Å². The molecular weight excluding hydrogens is 230 g/mol. The molecule has 68 valence electrons. The molecule has 2 rings (SSSR count). The second-order valence-electron chi connectivity index (χ2n) is 2.65. The highest BCUT2D eigenvalue weighted by molar-refractivity contribution is 6.66. The summed E-state index contributed by atoms with van der Waals surface area (Å²) >= 11 is 17.0. The molecule has 13 heavy (non-hydrogen) atoms. The first-order valence-electron chi connectivity index (χ1n) is 3.63. The number of halogens is 3. The van der Waals surface area contributed by atoms with E-state index in [9.17, 15) is 0 Å². The third-order valence-electron chi connectivity index (χ3n) is 1.70. The van der Waals surface area contributed by atoms with Crippen molar-refractivity contribution in [3.05, 3.63) is 36.1 Å². The van der Waals surface area contributed by atoms with Crippen LogP contribution in [0.4, 0.5) is 0 Å². The van der Waals surface area contributed by atoms with E-state index in [1.165, 1.54) is 0 Å². The Labute approximate surface area is 90.2 Å². The highest BCUT2D eigenvalue weighted by Gasteiger charge is 2.27. The number of hydrogen-bond acceptors (Lipinski definition) is 1. The SMILES string of the molecule is ClC(Cl)(Cl)c1cc2ccccc2o1. The van der Waals surface area contributed by atoms with Crippen molar-refractivity contribution < 1.29 is 4.42 Å². The molecule has 1 aromatic heterocycles. The molecule has 0 aliphatic heterocycles. The highest BCUT2D eigenvalue weighted by Crippen LogP contribution is 2.40. The number of furan rings is 1. The molecule has 0 bridgehead atoms. The maximum absolute atomic E-state index is 5.67. The van der Waals surface area contributed by atoms with Crippen LogP contribution in [0.15, 0.2) is 34.7 Å². The largest absolute Gasteiger partial charge is 0.456 e. The fraction of sp³-hybridized carbons (Fsp3) is 0.111. The fourth-order valence-corrected chi connectivity index (χ4v) is 1.40. The first-order chi connectivity index (χ1) is 6.07. The summed E-state index contributed by atoms with van der Waals surface area (Å²) in [4.78, 5) is 0. The van der Waals surface area contributed by atoms with Crippen LogP contribution in [-0.4, -0.2) is 0 Å². The Balaban J connectivity index is 2.63. The number of hydrogen-bond donors (Lipinski definition) is 0. The lowest BCUT2D eigenvalue weighted by atomic mass is 10.2. The maximum Gasteiger partial charge on any atom is 0.248 e. The van der Waals surface area contributed by atoms with Crippen LogP contribution in [0.5, 0.6) is 0 Å². The fourth-order valence-electron chi connectivity index (χ4n) is 1.12. The smallest absolute Gasteiger partial charge is 0.248 e. The molecule has 0 saturated carbocycles. The summed E-state index contributed by atoms with van der Waals surface area (Å²) < 4.78 is 3.85. The minimum absolute atomic E-state index is 0.346. The van der Waals surface area contributed by atoms with Crippen molar-refractivity contribution >= 4 is 45.8 Å². The Morgan fingerprint density at radius 2 is 1.77 bits per heavy atom. The zero-order valence-corrected chi connectivity index (χ0v) is 8.70. The van der Waals surface area contributed by atoms with E-state index >= 15 is 0 Å². The lowest BCUT2D eigenvalue weighted by molar-refractivity contribution is 0.559. The average molecular weight is 235 g/mol. The van der Waals surface area contributed by atoms with Gasteiger partial charge in [-0.05, 0) is 12.1 Å². The molecule has 0 fully saturated rings. The first-order valence-corrected chi connectivity index (χ1v) is 4.76. The summed E-state index contributed by atoms with van der Waals surface area (Å²) in [5.74, 6) is 0.346. The quantitative estimate of drug-likeness (QED) is 0.622. The van der Waals surface area contributed by atoms with Gasteiger partial charge in [0.05, 0.1) is 0 Å². The third kappa shape index (κ3) is 1.78. The number of para-hydroxylation sites is 1. The minimum atomic E-state index is -1.49. The molecule has 0 N–H and O–H groups in total. The molecule has 0 radical (unpaired) electrons. The van der Waals surface area contributed by atoms with E-state index in [1.54, 1.807) is 6.07 Å². The minimum Gasteiger partial charge on any atom is -0.456 e. The van der Waals surface area contributed by atoms with Crippen molar-refractivity contribution in [2.45, 2.75) is 3.79 Å². The Bertz CT molecular complexity index is 395. The standard InChI is InChI=1S/C9H5Cl3O/c10-9(11,12)8-5-6-3-1-2-4-7(6)13-8/h1-5H. The van der Waals surface area contributed by atoms with Gasteiger partial charge >= 0.3 is 0 Å². The van der Waals surface area contributed by atoms with Gasteiger partial charge in [-0.1, -0.05) is 53.0 Å². The van der Waals surface area contributed by atoms with Crippen LogP contribution in [0.25, 0.3) is 11.0 Å². The van der Waals surface area contributed by atoms with E-state index in [-0.39, 0.29) is 0 Å². The van der Waals surface area contributed by atoms with Gasteiger partial charge in [0, 0.05) is 5.39 Å². The van der Waals surface area contributed by atoms with Gasteiger partial charge in [-0.3, -0.25) is 0 Å². The summed E-state index contributed by atoms with van der Waals surface area (Å²) in [6.07, 6.45) is 0. The van der Waals surface area contributed by atoms with Crippen LogP contribution < -0.4 is 0 Å². The summed E-state index contributed by atoms with van der Waals surface area (Å²) in [6, 6.07) is 9.23. The average Bonchev–Trinajstić information content (AvgIpc) is 2.45. The number of fused-ring (bicyclic) bond motifs is 1. The van der Waals surface area contributed by atoms with E-state index in [4.69, 9.17) is 39.2 Å². The molecule has 1 heterocycles. The van der Waals surface area contributed by atoms with Crippen molar-refractivity contribution in [1.82, 2.24) is 0 Å². The van der Waals surface area contributed by atoms with Crippen molar-refractivity contribution in [3.8, 4) is 0 Å². The molecule has 0 aliphatic rings. The van der Waals surface area contributed by atoms with Crippen LogP contribution >= 0.6 is 34.8 Å². The lowest BCUT2D eigenvalue weighted by Gasteiger charge is -2.04. The summed E-state index contributed by atoms with van der Waals surface area (Å²) in [6.45, 7) is 0. The first kappa shape index (κ1) is 9.20. The van der Waals surface area contributed by atoms with Gasteiger partial charge < -0.3 is 4.42 Å². The normalized spacial score (nSPS) is 12.2. The van der Waals surface area contributed by atoms with Crippen molar-refractivity contribution in [1.29, 1.82) is 0 Å². The molecule has 0 amide bonds. The summed E-state index contributed by atoms with van der Waals surface area (Å²) in [5, 5.41) is 0.934. The van der Waals surface area contributed by atoms with Crippen LogP contribution in [-0.2, 0) is 3.79 Å². The van der Waals surface area contributed by atoms with Gasteiger partial charge in [-0.25, -0.2) is 0 Å². The van der Waals surface area contributed by atoms with Gasteiger partial charge in [-0.15, -0.1) is 0 Å². The Hall–Kier alpha value is -0.370. The lowest BCUT2D eigenvalue weighted by Crippen LogP contribution is -1.95. The molecule has 2 aromatic rings. The Kier molecular flexibility index (Phi) is 2.18. The van der Waals surface area contributed by atoms with Gasteiger partial charge in [0.2, 0.25) is 3.79 Å². The highest BCUT2D eigenvalue weighted by atomic mass is 35.6. The van der Waals surface area contributed by atoms with E-state index in [2.05, 4.69) is 0 Å². The molecule has 0 spiro atoms. The van der Waals surface area contributed by atoms with Crippen LogP contribution in [0, 0.1) is 0 Å². The monoisotopic (exact) mass is 234 g/mol. The molecule has 1 nitrogen and oxygen atoms in total. The van der Waals surface area contributed by atoms with Crippen molar-refractivity contribution in [2.24, 2.45) is 0 Å². The number of alkyl halides is 3. The van der Waals surface area contributed by atoms with Crippen LogP contribution in [0.2, 0.25) is 0 Å². The second kappa shape index (κ2) is 3.09. The molecule has 0 atom stereocenters. The third-order valence-corrected chi connectivity index (χ3v) is 2.26. The van der Waals surface area contributed by atoms with Crippen molar-refractivity contribution in [3.63, 3.8) is 0 Å². The summed E-state index contributed by atoms with van der Waals surface area (Å²) in [5.41, 5.74) is 0.726. The zero-order chi connectivity index (χ0) is 9.47.